The van der Waals surface area contributed by atoms with Crippen LogP contribution < -0.4 is 10.1 Å². The lowest BCUT2D eigenvalue weighted by molar-refractivity contribution is 0.0927. The number of benzene rings is 1. The summed E-state index contributed by atoms with van der Waals surface area (Å²) in [5, 5.41) is 12.9. The molecule has 0 radical (unpaired) electrons. The molecule has 0 bridgehead atoms. The number of rotatable bonds is 5. The molecule has 2 rings (SSSR count). The van der Waals surface area contributed by atoms with E-state index < -0.39 is 0 Å². The van der Waals surface area contributed by atoms with E-state index in [-0.39, 0.29) is 17.7 Å². The molecule has 0 aliphatic heterocycles. The number of ether oxygens (including phenoxy) is 1. The number of H-pyrrole nitrogens is 1. The van der Waals surface area contributed by atoms with Gasteiger partial charge in [-0.15, -0.1) is 0 Å². The number of carbonyl (C=O) groups excluding carboxylic acids is 1. The molecule has 0 saturated carbocycles. The number of carbonyl (C=O) groups is 1. The van der Waals surface area contributed by atoms with Gasteiger partial charge in [0.1, 0.15) is 11.9 Å². The van der Waals surface area contributed by atoms with Crippen LogP contribution in [0.25, 0.3) is 0 Å². The molecule has 1 amide bonds. The lowest BCUT2D eigenvalue weighted by atomic mass is 10.3. The molecule has 2 N–H and O–H groups in total. The molecule has 1 heterocycles. The number of nitrogens with zero attached hydrogens (tertiary/aromatic N) is 2. The Morgan fingerprint density at radius 2 is 2.42 bits per heavy atom. The molecule has 19 heavy (non-hydrogen) atoms. The lowest BCUT2D eigenvalue weighted by Gasteiger charge is -2.15. The summed E-state index contributed by atoms with van der Waals surface area (Å²) < 4.78 is 5.62. The quantitative estimate of drug-likeness (QED) is 0.873. The van der Waals surface area contributed by atoms with Crippen molar-refractivity contribution in [3.8, 4) is 5.75 Å². The molecule has 1 aromatic heterocycles. The average molecular weight is 281 g/mol. The fourth-order valence-electron chi connectivity index (χ4n) is 1.45. The molecular weight excluding hydrogens is 268 g/mol. The molecular formula is C12H13ClN4O2. The second kappa shape index (κ2) is 6.19. The van der Waals surface area contributed by atoms with Crippen LogP contribution in [0.2, 0.25) is 5.02 Å². The van der Waals surface area contributed by atoms with Crippen LogP contribution >= 0.6 is 11.6 Å². The first kappa shape index (κ1) is 13.4. The molecule has 1 unspecified atom stereocenters. The van der Waals surface area contributed by atoms with Gasteiger partial charge in [0, 0.05) is 5.02 Å². The van der Waals surface area contributed by atoms with Gasteiger partial charge in [-0.2, -0.15) is 15.4 Å². The SMILES string of the molecule is CC(CNC(=O)c1cn[nH]n1)Oc1cccc(Cl)c1. The van der Waals surface area contributed by atoms with Gasteiger partial charge in [-0.1, -0.05) is 17.7 Å². The van der Waals surface area contributed by atoms with Crippen molar-refractivity contribution in [1.29, 1.82) is 0 Å². The normalized spacial score (nSPS) is 11.9. The van der Waals surface area contributed by atoms with Gasteiger partial charge < -0.3 is 10.1 Å². The molecule has 0 spiro atoms. The Balaban J connectivity index is 1.82. The smallest absolute Gasteiger partial charge is 0.273 e. The van der Waals surface area contributed by atoms with Crippen LogP contribution in [0, 0.1) is 0 Å². The van der Waals surface area contributed by atoms with Crippen molar-refractivity contribution in [2.45, 2.75) is 13.0 Å². The first-order chi connectivity index (χ1) is 9.15. The second-order valence-electron chi connectivity index (χ2n) is 3.95. The minimum Gasteiger partial charge on any atom is -0.489 e. The zero-order valence-corrected chi connectivity index (χ0v) is 11.0. The molecule has 0 aliphatic rings. The van der Waals surface area contributed by atoms with Crippen molar-refractivity contribution in [3.05, 3.63) is 41.2 Å². The molecule has 0 saturated heterocycles. The number of hydrogen-bond acceptors (Lipinski definition) is 4. The standard InChI is InChI=1S/C12H13ClN4O2/c1-8(19-10-4-2-3-9(13)5-10)6-14-12(18)11-7-15-17-16-11/h2-5,7-8H,6H2,1H3,(H,14,18)(H,15,16,17). The Labute approximate surface area is 115 Å². The fourth-order valence-corrected chi connectivity index (χ4v) is 1.63. The maximum atomic E-state index is 11.6. The number of aromatic amines is 1. The maximum absolute atomic E-state index is 11.6. The Morgan fingerprint density at radius 3 is 3.11 bits per heavy atom. The zero-order chi connectivity index (χ0) is 13.7. The van der Waals surface area contributed by atoms with Crippen LogP contribution in [0.3, 0.4) is 0 Å². The van der Waals surface area contributed by atoms with Crippen LogP contribution in [0.15, 0.2) is 30.5 Å². The van der Waals surface area contributed by atoms with E-state index in [1.54, 1.807) is 18.2 Å². The monoisotopic (exact) mass is 280 g/mol. The van der Waals surface area contributed by atoms with E-state index in [2.05, 4.69) is 20.7 Å². The van der Waals surface area contributed by atoms with Crippen molar-refractivity contribution >= 4 is 17.5 Å². The number of amides is 1. The van der Waals surface area contributed by atoms with Crippen molar-refractivity contribution < 1.29 is 9.53 Å². The first-order valence-electron chi connectivity index (χ1n) is 5.71. The molecule has 0 fully saturated rings. The number of nitrogens with one attached hydrogen (secondary N) is 2. The van der Waals surface area contributed by atoms with E-state index in [1.165, 1.54) is 6.20 Å². The molecule has 2 aromatic rings. The summed E-state index contributed by atoms with van der Waals surface area (Å²) in [7, 11) is 0. The predicted octanol–water partition coefficient (Wildman–Crippen LogP) is 1.66. The highest BCUT2D eigenvalue weighted by Gasteiger charge is 2.11. The number of aromatic nitrogens is 3. The summed E-state index contributed by atoms with van der Waals surface area (Å²) >= 11 is 5.85. The van der Waals surface area contributed by atoms with Crippen molar-refractivity contribution in [3.63, 3.8) is 0 Å². The summed E-state index contributed by atoms with van der Waals surface area (Å²) in [5.74, 6) is 0.367. The molecule has 100 valence electrons. The van der Waals surface area contributed by atoms with Crippen LogP contribution in [-0.4, -0.2) is 34.0 Å². The van der Waals surface area contributed by atoms with E-state index in [4.69, 9.17) is 16.3 Å². The predicted molar refractivity (Wildman–Crippen MR) is 70.3 cm³/mol. The summed E-state index contributed by atoms with van der Waals surface area (Å²) in [6, 6.07) is 7.10. The minimum atomic E-state index is -0.296. The van der Waals surface area contributed by atoms with Gasteiger partial charge in [0.15, 0.2) is 5.69 Å². The highest BCUT2D eigenvalue weighted by atomic mass is 35.5. The Kier molecular flexibility index (Phi) is 4.35. The third-order valence-corrected chi connectivity index (χ3v) is 2.57. The molecule has 0 aliphatic carbocycles. The average Bonchev–Trinajstić information content (AvgIpc) is 2.90. The van der Waals surface area contributed by atoms with Gasteiger partial charge >= 0.3 is 0 Å². The fraction of sp³-hybridized carbons (Fsp3) is 0.250. The van der Waals surface area contributed by atoms with Gasteiger partial charge in [0.2, 0.25) is 0 Å². The summed E-state index contributed by atoms with van der Waals surface area (Å²) in [6.45, 7) is 2.21. The van der Waals surface area contributed by atoms with Crippen molar-refractivity contribution in [1.82, 2.24) is 20.7 Å². The van der Waals surface area contributed by atoms with Gasteiger partial charge in [-0.25, -0.2) is 0 Å². The summed E-state index contributed by atoms with van der Waals surface area (Å²) in [6.07, 6.45) is 1.17. The van der Waals surface area contributed by atoms with Crippen LogP contribution in [0.4, 0.5) is 0 Å². The highest BCUT2D eigenvalue weighted by Crippen LogP contribution is 2.18. The van der Waals surface area contributed by atoms with E-state index in [0.717, 1.165) is 0 Å². The third kappa shape index (κ3) is 3.96. The lowest BCUT2D eigenvalue weighted by Crippen LogP contribution is -2.33. The molecule has 7 heteroatoms. The Morgan fingerprint density at radius 1 is 1.58 bits per heavy atom. The van der Waals surface area contributed by atoms with E-state index in [9.17, 15) is 4.79 Å². The van der Waals surface area contributed by atoms with Crippen LogP contribution in [-0.2, 0) is 0 Å². The zero-order valence-electron chi connectivity index (χ0n) is 10.3. The van der Waals surface area contributed by atoms with Crippen molar-refractivity contribution in [2.75, 3.05) is 6.54 Å². The number of hydrogen-bond donors (Lipinski definition) is 2. The topological polar surface area (TPSA) is 79.9 Å². The van der Waals surface area contributed by atoms with Crippen molar-refractivity contribution in [2.24, 2.45) is 0 Å². The largest absolute Gasteiger partial charge is 0.489 e. The Bertz CT molecular complexity index is 544. The van der Waals surface area contributed by atoms with Crippen LogP contribution in [0.5, 0.6) is 5.75 Å². The number of halogens is 1. The molecule has 6 nitrogen and oxygen atoms in total. The summed E-state index contributed by atoms with van der Waals surface area (Å²) in [4.78, 5) is 11.6. The molecule has 1 aromatic carbocycles. The van der Waals surface area contributed by atoms with Gasteiger partial charge in [0.25, 0.3) is 5.91 Å². The molecule has 1 atom stereocenters. The van der Waals surface area contributed by atoms with Gasteiger partial charge in [-0.3, -0.25) is 4.79 Å². The van der Waals surface area contributed by atoms with E-state index in [1.807, 2.05) is 13.0 Å². The van der Waals surface area contributed by atoms with Gasteiger partial charge in [-0.05, 0) is 25.1 Å². The van der Waals surface area contributed by atoms with Gasteiger partial charge in [0.05, 0.1) is 12.7 Å². The maximum Gasteiger partial charge on any atom is 0.273 e. The van der Waals surface area contributed by atoms with E-state index >= 15 is 0 Å². The second-order valence-corrected chi connectivity index (χ2v) is 4.39. The first-order valence-corrected chi connectivity index (χ1v) is 6.09. The van der Waals surface area contributed by atoms with Crippen LogP contribution in [0.1, 0.15) is 17.4 Å². The van der Waals surface area contributed by atoms with E-state index in [0.29, 0.717) is 17.3 Å². The third-order valence-electron chi connectivity index (χ3n) is 2.33. The highest BCUT2D eigenvalue weighted by molar-refractivity contribution is 6.30. The minimum absolute atomic E-state index is 0.186. The Hall–Kier alpha value is -2.08. The summed E-state index contributed by atoms with van der Waals surface area (Å²) in [5.41, 5.74) is 0.245.